The van der Waals surface area contributed by atoms with Gasteiger partial charge in [0.25, 0.3) is 0 Å². The molecule has 2 aromatic rings. The van der Waals surface area contributed by atoms with Gasteiger partial charge in [0, 0.05) is 6.42 Å². The van der Waals surface area contributed by atoms with Gasteiger partial charge in [-0.05, 0) is 19.8 Å². The van der Waals surface area contributed by atoms with Gasteiger partial charge in [-0.15, -0.1) is 0 Å². The normalized spacial score (nSPS) is 14.4. The van der Waals surface area contributed by atoms with Crippen molar-refractivity contribution >= 4 is 24.6 Å². The minimum absolute atomic E-state index is 0.179. The predicted octanol–water partition coefficient (Wildman–Crippen LogP) is 7.93. The van der Waals surface area contributed by atoms with Crippen LogP contribution in [0.25, 0.3) is 11.2 Å². The fourth-order valence-corrected chi connectivity index (χ4v) is 5.82. The van der Waals surface area contributed by atoms with Crippen molar-refractivity contribution in [2.75, 3.05) is 18.7 Å². The molecule has 13 heteroatoms. The van der Waals surface area contributed by atoms with Gasteiger partial charge in [0.15, 0.2) is 19.1 Å². The molecule has 0 aliphatic rings. The van der Waals surface area contributed by atoms with Crippen LogP contribution in [0.15, 0.2) is 12.7 Å². The summed E-state index contributed by atoms with van der Waals surface area (Å²) in [5.41, 5.74) is 6.86. The number of nitrogen functional groups attached to an aromatic ring is 1. The third-order valence-electron chi connectivity index (χ3n) is 7.29. The molecule has 0 aliphatic heterocycles. The van der Waals surface area contributed by atoms with Crippen molar-refractivity contribution in [3.8, 4) is 0 Å². The Balaban J connectivity index is 1.35. The van der Waals surface area contributed by atoms with Crippen molar-refractivity contribution in [3.05, 3.63) is 12.7 Å². The van der Waals surface area contributed by atoms with Gasteiger partial charge in [-0.1, -0.05) is 96.3 Å². The number of nitrogens with two attached hydrogens (primary N) is 1. The Labute approximate surface area is 248 Å². The average molecular weight is 621 g/mol. The summed E-state index contributed by atoms with van der Waals surface area (Å²) in [6, 6.07) is 0. The quantitative estimate of drug-likeness (QED) is 0.0876. The summed E-state index contributed by atoms with van der Waals surface area (Å²) in [6.07, 6.45) is 15.2. The standard InChI is InChI=1S/C29H51F3N5O4P/c1-25(21-37-23-36-26-27(33)34-22-35-28(26)37)40-24-42(38,39)41-20-18-16-14-12-10-8-6-4-2-3-5-7-9-11-13-15-17-19-29(30,31)32/h22-23,25H,2-21,24H2,1H3,(H,38,39)(H2,33,34,35)/p-1/t25-/m1/s1. The van der Waals surface area contributed by atoms with Crippen LogP contribution in [0.5, 0.6) is 0 Å². The predicted molar refractivity (Wildman–Crippen MR) is 158 cm³/mol. The number of rotatable bonds is 25. The first-order chi connectivity index (χ1) is 20.1. The molecule has 0 aromatic carbocycles. The van der Waals surface area contributed by atoms with Crippen molar-refractivity contribution in [2.24, 2.45) is 0 Å². The number of ether oxygens (including phenoxy) is 1. The lowest BCUT2D eigenvalue weighted by atomic mass is 10.0. The second-order valence-corrected chi connectivity index (χ2v) is 13.0. The van der Waals surface area contributed by atoms with E-state index in [0.29, 0.717) is 36.4 Å². The number of alkyl halides is 3. The molecule has 1 unspecified atom stereocenters. The van der Waals surface area contributed by atoms with Crippen LogP contribution < -0.4 is 10.6 Å². The molecule has 2 aromatic heterocycles. The zero-order valence-corrected chi connectivity index (χ0v) is 26.1. The molecular weight excluding hydrogens is 570 g/mol. The third kappa shape index (κ3) is 16.8. The molecule has 242 valence electrons. The number of hydrogen-bond donors (Lipinski definition) is 1. The smallest absolute Gasteiger partial charge is 0.389 e. The van der Waals surface area contributed by atoms with Gasteiger partial charge in [0.1, 0.15) is 18.2 Å². The summed E-state index contributed by atoms with van der Waals surface area (Å²) in [5, 5.41) is 0. The molecule has 0 saturated carbocycles. The zero-order valence-electron chi connectivity index (χ0n) is 25.2. The number of nitrogens with zero attached hydrogens (tertiary/aromatic N) is 4. The Hall–Kier alpha value is -1.75. The molecule has 0 bridgehead atoms. The fourth-order valence-electron chi connectivity index (χ4n) is 4.90. The molecule has 9 nitrogen and oxygen atoms in total. The van der Waals surface area contributed by atoms with Crippen LogP contribution in [0.2, 0.25) is 0 Å². The minimum atomic E-state index is -4.07. The Bertz CT molecular complexity index is 1040. The topological polar surface area (TPSA) is 128 Å². The molecule has 2 heterocycles. The van der Waals surface area contributed by atoms with E-state index >= 15 is 0 Å². The van der Waals surface area contributed by atoms with Crippen LogP contribution in [0.4, 0.5) is 19.0 Å². The number of aromatic nitrogens is 4. The van der Waals surface area contributed by atoms with Crippen molar-refractivity contribution in [1.29, 1.82) is 0 Å². The summed E-state index contributed by atoms with van der Waals surface area (Å²) in [6.45, 7) is 2.32. The number of imidazole rings is 1. The SMILES string of the molecule is C[C@H](Cn1cnc2c(N)ncnc21)OCP(=O)([O-])OCCCCCCCCCCCCCCCCCCCC(F)(F)F. The van der Waals surface area contributed by atoms with Gasteiger partial charge in [-0.2, -0.15) is 13.2 Å². The number of halogens is 3. The highest BCUT2D eigenvalue weighted by atomic mass is 31.2. The van der Waals surface area contributed by atoms with Crippen molar-refractivity contribution in [2.45, 2.75) is 141 Å². The van der Waals surface area contributed by atoms with E-state index in [9.17, 15) is 22.6 Å². The highest BCUT2D eigenvalue weighted by Gasteiger charge is 2.25. The van der Waals surface area contributed by atoms with E-state index in [0.717, 1.165) is 38.5 Å². The Morgan fingerprint density at radius 3 is 1.88 bits per heavy atom. The molecule has 0 spiro atoms. The summed E-state index contributed by atoms with van der Waals surface area (Å²) in [4.78, 5) is 24.5. The lowest BCUT2D eigenvalue weighted by molar-refractivity contribution is -0.205. The highest BCUT2D eigenvalue weighted by molar-refractivity contribution is 7.51. The van der Waals surface area contributed by atoms with E-state index in [1.165, 1.54) is 57.7 Å². The van der Waals surface area contributed by atoms with Gasteiger partial charge in [-0.3, -0.25) is 0 Å². The van der Waals surface area contributed by atoms with E-state index < -0.39 is 32.6 Å². The van der Waals surface area contributed by atoms with Gasteiger partial charge >= 0.3 is 6.18 Å². The summed E-state index contributed by atoms with van der Waals surface area (Å²) in [5.74, 6) is 0.291. The van der Waals surface area contributed by atoms with Crippen LogP contribution in [0.1, 0.15) is 122 Å². The molecule has 0 saturated heterocycles. The Kier molecular flexibility index (Phi) is 17.6. The summed E-state index contributed by atoms with van der Waals surface area (Å²) in [7, 11) is -4.07. The van der Waals surface area contributed by atoms with Crippen molar-refractivity contribution in [3.63, 3.8) is 0 Å². The summed E-state index contributed by atoms with van der Waals surface area (Å²) < 4.78 is 60.8. The number of unbranched alkanes of at least 4 members (excludes halogenated alkanes) is 16. The molecule has 42 heavy (non-hydrogen) atoms. The first kappa shape index (κ1) is 36.4. The fraction of sp³-hybridized carbons (Fsp3) is 0.828. The second-order valence-electron chi connectivity index (χ2n) is 11.3. The monoisotopic (exact) mass is 620 g/mol. The van der Waals surface area contributed by atoms with Gasteiger partial charge in [0.2, 0.25) is 0 Å². The lowest BCUT2D eigenvalue weighted by Gasteiger charge is -2.25. The zero-order chi connectivity index (χ0) is 30.7. The number of fused-ring (bicyclic) bond motifs is 1. The van der Waals surface area contributed by atoms with Crippen LogP contribution >= 0.6 is 7.60 Å². The minimum Gasteiger partial charge on any atom is -0.777 e. The van der Waals surface area contributed by atoms with Crippen molar-refractivity contribution in [1.82, 2.24) is 19.5 Å². The lowest BCUT2D eigenvalue weighted by Crippen LogP contribution is -2.20. The maximum Gasteiger partial charge on any atom is 0.389 e. The van der Waals surface area contributed by atoms with E-state index in [2.05, 4.69) is 15.0 Å². The highest BCUT2D eigenvalue weighted by Crippen LogP contribution is 2.37. The van der Waals surface area contributed by atoms with Crippen molar-refractivity contribution < 1.29 is 31.9 Å². The molecule has 2 atom stereocenters. The van der Waals surface area contributed by atoms with E-state index in [1.54, 1.807) is 17.8 Å². The molecule has 2 rings (SSSR count). The van der Waals surface area contributed by atoms with E-state index in [-0.39, 0.29) is 13.0 Å². The maximum absolute atomic E-state index is 12.2. The third-order valence-corrected chi connectivity index (χ3v) is 8.33. The molecule has 0 amide bonds. The van der Waals surface area contributed by atoms with Gasteiger partial charge in [0.05, 0.1) is 25.6 Å². The molecule has 2 N–H and O–H groups in total. The van der Waals surface area contributed by atoms with Gasteiger partial charge in [-0.25, -0.2) is 15.0 Å². The summed E-state index contributed by atoms with van der Waals surface area (Å²) >= 11 is 0. The van der Waals surface area contributed by atoms with E-state index in [4.69, 9.17) is 15.0 Å². The number of hydrogen-bond acceptors (Lipinski definition) is 8. The number of anilines is 1. The van der Waals surface area contributed by atoms with Gasteiger partial charge < -0.3 is 29.0 Å². The second kappa shape index (κ2) is 20.3. The molecule has 0 fully saturated rings. The van der Waals surface area contributed by atoms with Crippen LogP contribution in [0.3, 0.4) is 0 Å². The maximum atomic E-state index is 12.2. The first-order valence-corrected chi connectivity index (χ1v) is 17.3. The van der Waals surface area contributed by atoms with Crippen LogP contribution in [-0.4, -0.2) is 44.8 Å². The Morgan fingerprint density at radius 1 is 0.857 bits per heavy atom. The van der Waals surface area contributed by atoms with E-state index in [1.807, 2.05) is 0 Å². The Morgan fingerprint density at radius 2 is 1.36 bits per heavy atom. The largest absolute Gasteiger partial charge is 0.777 e. The molecular formula is C29H50F3N5O4P-. The van der Waals surface area contributed by atoms with Crippen LogP contribution in [-0.2, 0) is 20.4 Å². The average Bonchev–Trinajstić information content (AvgIpc) is 3.34. The molecule has 0 aliphatic carbocycles. The van der Waals surface area contributed by atoms with Crippen LogP contribution in [0, 0.1) is 0 Å². The first-order valence-electron chi connectivity index (χ1n) is 15.6. The molecule has 0 radical (unpaired) electrons.